The van der Waals surface area contributed by atoms with Crippen molar-refractivity contribution in [2.45, 2.75) is 36.5 Å². The first-order chi connectivity index (χ1) is 5.63. The van der Waals surface area contributed by atoms with Gasteiger partial charge in [-0.25, -0.2) is 10.9 Å². The van der Waals surface area contributed by atoms with Crippen molar-refractivity contribution < 1.29 is 20.4 Å². The van der Waals surface area contributed by atoms with Crippen molar-refractivity contribution in [3.8, 4) is 0 Å². The van der Waals surface area contributed by atoms with Crippen LogP contribution in [0.1, 0.15) is 0 Å². The molecule has 6 heteroatoms. The van der Waals surface area contributed by atoms with Gasteiger partial charge in [0.05, 0.1) is 18.2 Å². The molecule has 2 bridgehead atoms. The highest BCUT2D eigenvalue weighted by Crippen LogP contribution is 2.24. The quantitative estimate of drug-likeness (QED) is 0.227. The first-order valence-corrected chi connectivity index (χ1v) is 3.86. The molecule has 0 radical (unpaired) electrons. The van der Waals surface area contributed by atoms with Gasteiger partial charge in [-0.05, 0) is 0 Å². The van der Waals surface area contributed by atoms with E-state index < -0.39 is 36.5 Å². The number of hydrazine groups is 1. The number of hydrogen-bond donors (Lipinski definition) is 6. The van der Waals surface area contributed by atoms with Gasteiger partial charge < -0.3 is 20.4 Å². The molecule has 0 aromatic heterocycles. The molecule has 2 aliphatic rings. The Bertz CT molecular complexity index is 172. The lowest BCUT2D eigenvalue weighted by molar-refractivity contribution is -0.124. The summed E-state index contributed by atoms with van der Waals surface area (Å²) in [5.74, 6) is 0. The van der Waals surface area contributed by atoms with Crippen LogP contribution in [0, 0.1) is 0 Å². The predicted octanol–water partition coefficient (Wildman–Crippen LogP) is -3.71. The van der Waals surface area contributed by atoms with E-state index in [-0.39, 0.29) is 0 Å². The van der Waals surface area contributed by atoms with Crippen LogP contribution < -0.4 is 10.9 Å². The zero-order valence-corrected chi connectivity index (χ0v) is 6.25. The maximum Gasteiger partial charge on any atom is 0.109 e. The standard InChI is InChI=1S/C6H12N2O4/c9-3-1-4(10)6(12)5(11)2(3)8-7-1/h1-12H. The van der Waals surface area contributed by atoms with Crippen molar-refractivity contribution in [3.63, 3.8) is 0 Å². The second kappa shape index (κ2) is 2.63. The second-order valence-corrected chi connectivity index (χ2v) is 3.30. The van der Waals surface area contributed by atoms with Crippen molar-refractivity contribution in [1.29, 1.82) is 0 Å². The molecule has 0 aromatic carbocycles. The number of hydrogen-bond acceptors (Lipinski definition) is 6. The first kappa shape index (κ1) is 8.36. The SMILES string of the molecule is OC1C(O)C2NNC(C1O)C2O. The minimum absolute atomic E-state index is 0.603. The third kappa shape index (κ3) is 0.905. The van der Waals surface area contributed by atoms with Gasteiger partial charge in [0, 0.05) is 0 Å². The fourth-order valence-electron chi connectivity index (χ4n) is 1.79. The van der Waals surface area contributed by atoms with Crippen LogP contribution in [0.2, 0.25) is 0 Å². The molecule has 1 aliphatic carbocycles. The Morgan fingerprint density at radius 2 is 1.00 bits per heavy atom. The summed E-state index contributed by atoms with van der Waals surface area (Å²) in [7, 11) is 0. The van der Waals surface area contributed by atoms with Crippen LogP contribution in [0.15, 0.2) is 0 Å². The smallest absolute Gasteiger partial charge is 0.109 e. The van der Waals surface area contributed by atoms with Gasteiger partial charge in [-0.1, -0.05) is 0 Å². The summed E-state index contributed by atoms with van der Waals surface area (Å²) in [6.45, 7) is 0. The zero-order valence-electron chi connectivity index (χ0n) is 6.25. The van der Waals surface area contributed by atoms with Crippen LogP contribution in [0.5, 0.6) is 0 Å². The predicted molar refractivity (Wildman–Crippen MR) is 37.9 cm³/mol. The Morgan fingerprint density at radius 1 is 0.583 bits per heavy atom. The Morgan fingerprint density at radius 3 is 1.42 bits per heavy atom. The molecule has 70 valence electrons. The van der Waals surface area contributed by atoms with Crippen LogP contribution in [0.4, 0.5) is 0 Å². The van der Waals surface area contributed by atoms with E-state index in [9.17, 15) is 20.4 Å². The highest BCUT2D eigenvalue weighted by Gasteiger charge is 2.52. The van der Waals surface area contributed by atoms with Gasteiger partial charge in [0.25, 0.3) is 0 Å². The summed E-state index contributed by atoms with van der Waals surface area (Å²) >= 11 is 0. The molecule has 1 saturated heterocycles. The van der Waals surface area contributed by atoms with Gasteiger partial charge in [0.2, 0.25) is 0 Å². The average Bonchev–Trinajstić information content (AvgIpc) is 2.38. The average molecular weight is 176 g/mol. The van der Waals surface area contributed by atoms with Crippen molar-refractivity contribution in [3.05, 3.63) is 0 Å². The molecule has 2 rings (SSSR count). The number of fused-ring (bicyclic) bond motifs is 2. The summed E-state index contributed by atoms with van der Waals surface area (Å²) in [6, 6.07) is -1.21. The van der Waals surface area contributed by atoms with Gasteiger partial charge in [0.1, 0.15) is 18.3 Å². The minimum Gasteiger partial charge on any atom is -0.390 e. The van der Waals surface area contributed by atoms with Crippen molar-refractivity contribution in [1.82, 2.24) is 10.9 Å². The largest absolute Gasteiger partial charge is 0.390 e. The van der Waals surface area contributed by atoms with E-state index >= 15 is 0 Å². The fourth-order valence-corrected chi connectivity index (χ4v) is 1.79. The van der Waals surface area contributed by atoms with Gasteiger partial charge in [-0.3, -0.25) is 0 Å². The topological polar surface area (TPSA) is 105 Å². The molecule has 0 spiro atoms. The van der Waals surface area contributed by atoms with Crippen LogP contribution in [-0.4, -0.2) is 56.9 Å². The Hall–Kier alpha value is -0.240. The number of nitrogens with one attached hydrogen (secondary N) is 2. The summed E-state index contributed by atoms with van der Waals surface area (Å²) in [5, 5.41) is 37.3. The molecule has 0 amide bonds. The van der Waals surface area contributed by atoms with Gasteiger partial charge in [0.15, 0.2) is 0 Å². The molecule has 1 aliphatic heterocycles. The molecule has 12 heavy (non-hydrogen) atoms. The molecule has 6 N–H and O–H groups in total. The Balaban J connectivity index is 2.23. The monoisotopic (exact) mass is 176 g/mol. The summed E-state index contributed by atoms with van der Waals surface area (Å²) in [6.07, 6.45) is -4.34. The lowest BCUT2D eigenvalue weighted by Gasteiger charge is -2.35. The molecule has 4 atom stereocenters. The highest BCUT2D eigenvalue weighted by molar-refractivity contribution is 5.08. The summed E-state index contributed by atoms with van der Waals surface area (Å²) in [5.41, 5.74) is 5.22. The number of aliphatic hydroxyl groups is 4. The van der Waals surface area contributed by atoms with Gasteiger partial charge in [-0.2, -0.15) is 0 Å². The van der Waals surface area contributed by atoms with E-state index in [1.54, 1.807) is 0 Å². The fraction of sp³-hybridized carbons (Fsp3) is 1.00. The lowest BCUT2D eigenvalue weighted by atomic mass is 9.84. The highest BCUT2D eigenvalue weighted by atomic mass is 16.4. The second-order valence-electron chi connectivity index (χ2n) is 3.30. The Kier molecular flexibility index (Phi) is 1.83. The lowest BCUT2D eigenvalue weighted by Crippen LogP contribution is -2.61. The van der Waals surface area contributed by atoms with E-state index in [4.69, 9.17) is 0 Å². The van der Waals surface area contributed by atoms with Crippen LogP contribution >= 0.6 is 0 Å². The number of rotatable bonds is 0. The summed E-state index contributed by atoms with van der Waals surface area (Å²) in [4.78, 5) is 0. The summed E-state index contributed by atoms with van der Waals surface area (Å²) < 4.78 is 0. The normalized spacial score (nSPS) is 59.0. The molecule has 1 heterocycles. The first-order valence-electron chi connectivity index (χ1n) is 3.86. The van der Waals surface area contributed by atoms with E-state index in [1.165, 1.54) is 0 Å². The third-order valence-corrected chi connectivity index (χ3v) is 2.59. The maximum atomic E-state index is 9.41. The van der Waals surface area contributed by atoms with Gasteiger partial charge >= 0.3 is 0 Å². The van der Waals surface area contributed by atoms with E-state index in [0.717, 1.165) is 0 Å². The maximum absolute atomic E-state index is 9.41. The van der Waals surface area contributed by atoms with Crippen LogP contribution in [0.25, 0.3) is 0 Å². The van der Waals surface area contributed by atoms with Crippen molar-refractivity contribution in [2.75, 3.05) is 0 Å². The Labute approximate surface area is 68.8 Å². The van der Waals surface area contributed by atoms with Crippen molar-refractivity contribution >= 4 is 0 Å². The number of aliphatic hydroxyl groups excluding tert-OH is 4. The zero-order chi connectivity index (χ0) is 8.88. The molecule has 2 fully saturated rings. The molecule has 4 unspecified atom stereocenters. The molecule has 1 saturated carbocycles. The van der Waals surface area contributed by atoms with E-state index in [2.05, 4.69) is 10.9 Å². The van der Waals surface area contributed by atoms with Gasteiger partial charge in [-0.15, -0.1) is 0 Å². The third-order valence-electron chi connectivity index (χ3n) is 2.59. The van der Waals surface area contributed by atoms with E-state index in [1.807, 2.05) is 0 Å². The molecule has 6 nitrogen and oxygen atoms in total. The van der Waals surface area contributed by atoms with E-state index in [0.29, 0.717) is 0 Å². The van der Waals surface area contributed by atoms with Crippen LogP contribution in [-0.2, 0) is 0 Å². The molecular weight excluding hydrogens is 164 g/mol. The molecule has 0 aromatic rings. The molecular formula is C6H12N2O4. The minimum atomic E-state index is -1.20. The van der Waals surface area contributed by atoms with Crippen LogP contribution in [0.3, 0.4) is 0 Å². The van der Waals surface area contributed by atoms with Crippen molar-refractivity contribution in [2.24, 2.45) is 0 Å².